The summed E-state index contributed by atoms with van der Waals surface area (Å²) in [7, 11) is 0. The Labute approximate surface area is 99.5 Å². The molecule has 0 amide bonds. The van der Waals surface area contributed by atoms with Crippen LogP contribution in [0.3, 0.4) is 0 Å². The number of carbonyl (C=O) groups is 1. The van der Waals surface area contributed by atoms with E-state index in [0.29, 0.717) is 36.5 Å². The zero-order chi connectivity index (χ0) is 12.3. The average Bonchev–Trinajstić information content (AvgIpc) is 2.81. The number of ether oxygens (including phenoxy) is 2. The Kier molecular flexibility index (Phi) is 3.44. The molecule has 1 aliphatic rings. The third kappa shape index (κ3) is 2.47. The SMILES string of the molecule is CCc1c(OC2=CCOC2)cccc1C(=O)O. The van der Waals surface area contributed by atoms with Gasteiger partial charge in [-0.3, -0.25) is 0 Å². The van der Waals surface area contributed by atoms with Crippen molar-refractivity contribution in [3.8, 4) is 5.75 Å². The molecule has 2 rings (SSSR count). The first-order chi connectivity index (χ1) is 8.22. The van der Waals surface area contributed by atoms with Crippen LogP contribution in [0.5, 0.6) is 5.75 Å². The lowest BCUT2D eigenvalue weighted by Crippen LogP contribution is -2.06. The fourth-order valence-corrected chi connectivity index (χ4v) is 1.81. The van der Waals surface area contributed by atoms with Gasteiger partial charge >= 0.3 is 5.97 Å². The summed E-state index contributed by atoms with van der Waals surface area (Å²) in [5, 5.41) is 9.09. The summed E-state index contributed by atoms with van der Waals surface area (Å²) in [6.45, 7) is 2.91. The number of carboxylic acid groups (broad SMARTS) is 1. The number of hydrogen-bond donors (Lipinski definition) is 1. The fraction of sp³-hybridized carbons (Fsp3) is 0.308. The summed E-state index contributed by atoms with van der Waals surface area (Å²) in [5.74, 6) is 0.412. The molecule has 4 heteroatoms. The van der Waals surface area contributed by atoms with Crippen molar-refractivity contribution < 1.29 is 19.4 Å². The molecule has 1 aromatic carbocycles. The van der Waals surface area contributed by atoms with Crippen LogP contribution >= 0.6 is 0 Å². The fourth-order valence-electron chi connectivity index (χ4n) is 1.81. The second kappa shape index (κ2) is 5.01. The van der Waals surface area contributed by atoms with E-state index in [0.717, 1.165) is 5.76 Å². The van der Waals surface area contributed by atoms with Crippen LogP contribution in [0.25, 0.3) is 0 Å². The lowest BCUT2D eigenvalue weighted by atomic mass is 10.0. The molecular weight excluding hydrogens is 220 g/mol. The van der Waals surface area contributed by atoms with Crippen LogP contribution in [0.1, 0.15) is 22.8 Å². The maximum Gasteiger partial charge on any atom is 0.336 e. The number of carboxylic acids is 1. The molecule has 0 bridgehead atoms. The monoisotopic (exact) mass is 234 g/mol. The van der Waals surface area contributed by atoms with Gasteiger partial charge in [0.1, 0.15) is 18.1 Å². The molecule has 0 fully saturated rings. The van der Waals surface area contributed by atoms with Crippen molar-refractivity contribution in [1.82, 2.24) is 0 Å². The number of rotatable bonds is 4. The minimum absolute atomic E-state index is 0.296. The summed E-state index contributed by atoms with van der Waals surface area (Å²) >= 11 is 0. The Morgan fingerprint density at radius 1 is 1.53 bits per heavy atom. The molecule has 0 aliphatic carbocycles. The van der Waals surface area contributed by atoms with Gasteiger partial charge < -0.3 is 14.6 Å². The van der Waals surface area contributed by atoms with Crippen molar-refractivity contribution in [2.24, 2.45) is 0 Å². The first kappa shape index (κ1) is 11.7. The zero-order valence-electron chi connectivity index (χ0n) is 9.60. The summed E-state index contributed by atoms with van der Waals surface area (Å²) < 4.78 is 10.8. The Balaban J connectivity index is 2.32. The number of hydrogen-bond acceptors (Lipinski definition) is 3. The molecule has 17 heavy (non-hydrogen) atoms. The second-order valence-electron chi connectivity index (χ2n) is 3.73. The van der Waals surface area contributed by atoms with Crippen molar-refractivity contribution in [2.75, 3.05) is 13.2 Å². The molecule has 0 saturated carbocycles. The Hall–Kier alpha value is -1.81. The van der Waals surface area contributed by atoms with Crippen molar-refractivity contribution in [3.63, 3.8) is 0 Å². The molecule has 90 valence electrons. The molecule has 0 radical (unpaired) electrons. The van der Waals surface area contributed by atoms with Gasteiger partial charge in [-0.05, 0) is 24.6 Å². The summed E-state index contributed by atoms with van der Waals surface area (Å²) in [6.07, 6.45) is 2.47. The van der Waals surface area contributed by atoms with Crippen LogP contribution in [0, 0.1) is 0 Å². The van der Waals surface area contributed by atoms with Crippen LogP contribution in [-0.2, 0) is 11.2 Å². The smallest absolute Gasteiger partial charge is 0.336 e. The van der Waals surface area contributed by atoms with E-state index in [1.165, 1.54) is 0 Å². The van der Waals surface area contributed by atoms with Gasteiger partial charge in [0.05, 0.1) is 12.2 Å². The molecule has 0 saturated heterocycles. The van der Waals surface area contributed by atoms with Crippen molar-refractivity contribution in [2.45, 2.75) is 13.3 Å². The van der Waals surface area contributed by atoms with Gasteiger partial charge in [-0.1, -0.05) is 13.0 Å². The van der Waals surface area contributed by atoms with Gasteiger partial charge in [0.2, 0.25) is 0 Å². The van der Waals surface area contributed by atoms with Gasteiger partial charge in [0.25, 0.3) is 0 Å². The Morgan fingerprint density at radius 2 is 2.35 bits per heavy atom. The van der Waals surface area contributed by atoms with E-state index < -0.39 is 5.97 Å². The second-order valence-corrected chi connectivity index (χ2v) is 3.73. The molecule has 0 unspecified atom stereocenters. The average molecular weight is 234 g/mol. The van der Waals surface area contributed by atoms with Gasteiger partial charge in [0, 0.05) is 5.56 Å². The summed E-state index contributed by atoms with van der Waals surface area (Å²) in [4.78, 5) is 11.1. The molecule has 1 aromatic rings. The van der Waals surface area contributed by atoms with Crippen LogP contribution < -0.4 is 4.74 Å². The minimum atomic E-state index is -0.927. The first-order valence-corrected chi connectivity index (χ1v) is 5.52. The van der Waals surface area contributed by atoms with Crippen LogP contribution in [0.4, 0.5) is 0 Å². The highest BCUT2D eigenvalue weighted by atomic mass is 16.5. The Bertz CT molecular complexity index is 462. The molecule has 0 aromatic heterocycles. The van der Waals surface area contributed by atoms with E-state index in [2.05, 4.69) is 0 Å². The van der Waals surface area contributed by atoms with Crippen molar-refractivity contribution in [3.05, 3.63) is 41.2 Å². The molecule has 0 atom stereocenters. The van der Waals surface area contributed by atoms with E-state index in [-0.39, 0.29) is 0 Å². The lowest BCUT2D eigenvalue weighted by molar-refractivity contribution is 0.0695. The highest BCUT2D eigenvalue weighted by Crippen LogP contribution is 2.25. The largest absolute Gasteiger partial charge is 0.478 e. The molecule has 1 aliphatic heterocycles. The third-order valence-corrected chi connectivity index (χ3v) is 2.63. The van der Waals surface area contributed by atoms with Gasteiger partial charge in [-0.25, -0.2) is 4.79 Å². The van der Waals surface area contributed by atoms with Crippen LogP contribution in [-0.4, -0.2) is 24.3 Å². The van der Waals surface area contributed by atoms with E-state index in [4.69, 9.17) is 14.6 Å². The quantitative estimate of drug-likeness (QED) is 0.868. The predicted octanol–water partition coefficient (Wildman–Crippen LogP) is 2.24. The topological polar surface area (TPSA) is 55.8 Å². The maximum absolute atomic E-state index is 11.1. The third-order valence-electron chi connectivity index (χ3n) is 2.63. The highest BCUT2D eigenvalue weighted by Gasteiger charge is 2.15. The van der Waals surface area contributed by atoms with E-state index in [9.17, 15) is 4.79 Å². The van der Waals surface area contributed by atoms with Crippen LogP contribution in [0.15, 0.2) is 30.0 Å². The molecule has 1 N–H and O–H groups in total. The molecule has 0 spiro atoms. The normalized spacial score (nSPS) is 14.5. The van der Waals surface area contributed by atoms with Gasteiger partial charge in [-0.15, -0.1) is 0 Å². The van der Waals surface area contributed by atoms with E-state index in [1.807, 2.05) is 13.0 Å². The lowest BCUT2D eigenvalue weighted by Gasteiger charge is -2.12. The zero-order valence-corrected chi connectivity index (χ0v) is 9.60. The minimum Gasteiger partial charge on any atom is -0.478 e. The van der Waals surface area contributed by atoms with Gasteiger partial charge in [0.15, 0.2) is 0 Å². The summed E-state index contributed by atoms with van der Waals surface area (Å²) in [6, 6.07) is 5.06. The van der Waals surface area contributed by atoms with E-state index >= 15 is 0 Å². The number of aromatic carboxylic acids is 1. The van der Waals surface area contributed by atoms with Crippen molar-refractivity contribution >= 4 is 5.97 Å². The summed E-state index contributed by atoms with van der Waals surface area (Å²) in [5.41, 5.74) is 1.01. The highest BCUT2D eigenvalue weighted by molar-refractivity contribution is 5.90. The maximum atomic E-state index is 11.1. The van der Waals surface area contributed by atoms with Crippen molar-refractivity contribution in [1.29, 1.82) is 0 Å². The Morgan fingerprint density at radius 3 is 2.94 bits per heavy atom. The predicted molar refractivity (Wildman–Crippen MR) is 62.3 cm³/mol. The molecular formula is C13H14O4. The number of benzene rings is 1. The first-order valence-electron chi connectivity index (χ1n) is 5.52. The standard InChI is InChI=1S/C13H14O4/c1-2-10-11(13(14)15)4-3-5-12(10)17-9-6-7-16-8-9/h3-6H,2,7-8H2,1H3,(H,14,15). The van der Waals surface area contributed by atoms with Gasteiger partial charge in [-0.2, -0.15) is 0 Å². The molecule has 1 heterocycles. The van der Waals surface area contributed by atoms with E-state index in [1.54, 1.807) is 18.2 Å². The molecule has 4 nitrogen and oxygen atoms in total. The van der Waals surface area contributed by atoms with Crippen LogP contribution in [0.2, 0.25) is 0 Å².